The molecule has 1 saturated heterocycles. The zero-order valence-electron chi connectivity index (χ0n) is 15.9. The van der Waals surface area contributed by atoms with Crippen LogP contribution in [0.2, 0.25) is 0 Å². The highest BCUT2D eigenvalue weighted by atomic mass is 19.1. The second-order valence-electron chi connectivity index (χ2n) is 6.41. The van der Waals surface area contributed by atoms with Crippen LogP contribution in [0.5, 0.6) is 5.75 Å². The van der Waals surface area contributed by atoms with Crippen molar-refractivity contribution in [2.75, 3.05) is 45.9 Å². The van der Waals surface area contributed by atoms with E-state index in [9.17, 15) is 8.78 Å². The van der Waals surface area contributed by atoms with Gasteiger partial charge in [-0.2, -0.15) is 0 Å². The Morgan fingerprint density at radius 2 is 2.07 bits per heavy atom. The molecule has 0 unspecified atom stereocenters. The first-order valence-corrected chi connectivity index (χ1v) is 9.38. The van der Waals surface area contributed by atoms with E-state index in [-0.39, 0.29) is 12.4 Å². The molecule has 0 spiro atoms. The zero-order chi connectivity index (χ0) is 19.8. The van der Waals surface area contributed by atoms with Crippen molar-refractivity contribution in [3.63, 3.8) is 0 Å². The predicted molar refractivity (Wildman–Crippen MR) is 101 cm³/mol. The summed E-state index contributed by atoms with van der Waals surface area (Å²) in [6.45, 7) is 7.61. The molecule has 0 atom stereocenters. The Hall–Kier alpha value is -2.68. The van der Waals surface area contributed by atoms with Crippen LogP contribution in [0.4, 0.5) is 8.78 Å². The van der Waals surface area contributed by atoms with Gasteiger partial charge in [0, 0.05) is 51.4 Å². The SMILES string of the molecule is CCNC(=NCCOc1ccc(F)cc1F)N1CCN(Cc2ccon2)CC1. The molecule has 28 heavy (non-hydrogen) atoms. The number of rotatable bonds is 7. The quantitative estimate of drug-likeness (QED) is 0.442. The summed E-state index contributed by atoms with van der Waals surface area (Å²) in [5, 5.41) is 7.23. The second-order valence-corrected chi connectivity index (χ2v) is 6.41. The van der Waals surface area contributed by atoms with Gasteiger partial charge in [0.05, 0.1) is 12.2 Å². The average molecular weight is 393 g/mol. The summed E-state index contributed by atoms with van der Waals surface area (Å²) in [5.41, 5.74) is 0.930. The van der Waals surface area contributed by atoms with Gasteiger partial charge < -0.3 is 19.5 Å². The highest BCUT2D eigenvalue weighted by Crippen LogP contribution is 2.17. The molecule has 1 aromatic heterocycles. The van der Waals surface area contributed by atoms with Gasteiger partial charge in [-0.1, -0.05) is 5.16 Å². The van der Waals surface area contributed by atoms with Crippen molar-refractivity contribution in [1.29, 1.82) is 0 Å². The van der Waals surface area contributed by atoms with Gasteiger partial charge in [-0.05, 0) is 19.1 Å². The summed E-state index contributed by atoms with van der Waals surface area (Å²) in [5.74, 6) is -0.492. The van der Waals surface area contributed by atoms with E-state index in [0.29, 0.717) is 6.54 Å². The molecule has 7 nitrogen and oxygen atoms in total. The molecule has 1 N–H and O–H groups in total. The lowest BCUT2D eigenvalue weighted by atomic mass is 10.3. The maximum Gasteiger partial charge on any atom is 0.194 e. The van der Waals surface area contributed by atoms with Crippen molar-refractivity contribution in [3.05, 3.63) is 47.9 Å². The molecule has 0 amide bonds. The molecule has 0 bridgehead atoms. The first kappa shape index (κ1) is 20.1. The van der Waals surface area contributed by atoms with Crippen LogP contribution < -0.4 is 10.1 Å². The summed E-state index contributed by atoms with van der Waals surface area (Å²) in [6.07, 6.45) is 1.58. The van der Waals surface area contributed by atoms with Crippen molar-refractivity contribution < 1.29 is 18.0 Å². The van der Waals surface area contributed by atoms with Crippen LogP contribution in [0.15, 0.2) is 40.0 Å². The number of hydrogen-bond donors (Lipinski definition) is 1. The Balaban J connectivity index is 1.47. The molecular weight excluding hydrogens is 368 g/mol. The third-order valence-electron chi connectivity index (χ3n) is 4.39. The van der Waals surface area contributed by atoms with Gasteiger partial charge in [0.25, 0.3) is 0 Å². The van der Waals surface area contributed by atoms with Crippen molar-refractivity contribution in [2.45, 2.75) is 13.5 Å². The molecule has 9 heteroatoms. The molecule has 0 radical (unpaired) electrons. The Labute approximate surface area is 163 Å². The van der Waals surface area contributed by atoms with E-state index >= 15 is 0 Å². The van der Waals surface area contributed by atoms with Crippen LogP contribution in [0.25, 0.3) is 0 Å². The lowest BCUT2D eigenvalue weighted by Gasteiger charge is -2.36. The van der Waals surface area contributed by atoms with E-state index in [4.69, 9.17) is 9.26 Å². The molecule has 3 rings (SSSR count). The van der Waals surface area contributed by atoms with Crippen molar-refractivity contribution >= 4 is 5.96 Å². The number of hydrogen-bond acceptors (Lipinski definition) is 5. The van der Waals surface area contributed by atoms with Crippen LogP contribution in [-0.2, 0) is 6.54 Å². The molecule has 2 heterocycles. The summed E-state index contributed by atoms with van der Waals surface area (Å²) in [4.78, 5) is 9.08. The smallest absolute Gasteiger partial charge is 0.194 e. The first-order valence-electron chi connectivity index (χ1n) is 9.38. The summed E-state index contributed by atoms with van der Waals surface area (Å²) >= 11 is 0. The first-order chi connectivity index (χ1) is 13.7. The lowest BCUT2D eigenvalue weighted by molar-refractivity contribution is 0.169. The van der Waals surface area contributed by atoms with Crippen molar-refractivity contribution in [2.24, 2.45) is 4.99 Å². The Kier molecular flexibility index (Phi) is 7.18. The fourth-order valence-electron chi connectivity index (χ4n) is 2.99. The molecule has 1 fully saturated rings. The molecule has 0 saturated carbocycles. The standard InChI is InChI=1S/C19H25F2N5O2/c1-2-22-19(23-6-12-27-18-4-3-15(20)13-17(18)21)26-9-7-25(8-10-26)14-16-5-11-28-24-16/h3-5,11,13H,2,6-10,12,14H2,1H3,(H,22,23). The maximum absolute atomic E-state index is 13.6. The number of guanidine groups is 1. The number of ether oxygens (including phenoxy) is 1. The normalized spacial score (nSPS) is 15.7. The molecule has 2 aromatic rings. The topological polar surface area (TPSA) is 66.1 Å². The van der Waals surface area contributed by atoms with Crippen LogP contribution in [0.1, 0.15) is 12.6 Å². The van der Waals surface area contributed by atoms with Crippen LogP contribution >= 0.6 is 0 Å². The van der Waals surface area contributed by atoms with E-state index in [2.05, 4.69) is 25.3 Å². The average Bonchev–Trinajstić information content (AvgIpc) is 3.19. The summed E-state index contributed by atoms with van der Waals surface area (Å²) in [7, 11) is 0. The number of nitrogens with zero attached hydrogens (tertiary/aromatic N) is 4. The van der Waals surface area contributed by atoms with Gasteiger partial charge in [0.1, 0.15) is 18.7 Å². The Bertz CT molecular complexity index is 762. The Morgan fingerprint density at radius 3 is 2.75 bits per heavy atom. The lowest BCUT2D eigenvalue weighted by Crippen LogP contribution is -2.52. The largest absolute Gasteiger partial charge is 0.489 e. The number of aliphatic imine (C=N–C) groups is 1. The minimum Gasteiger partial charge on any atom is -0.489 e. The number of halogens is 2. The summed E-state index contributed by atoms with van der Waals surface area (Å²) < 4.78 is 36.7. The number of benzene rings is 1. The predicted octanol–water partition coefficient (Wildman–Crippen LogP) is 2.11. The van der Waals surface area contributed by atoms with Gasteiger partial charge in [-0.3, -0.25) is 4.90 Å². The molecular formula is C19H25F2N5O2. The maximum atomic E-state index is 13.6. The molecule has 1 aromatic carbocycles. The van der Waals surface area contributed by atoms with E-state index in [1.165, 1.54) is 12.1 Å². The van der Waals surface area contributed by atoms with Crippen LogP contribution in [0.3, 0.4) is 0 Å². The highest BCUT2D eigenvalue weighted by Gasteiger charge is 2.20. The summed E-state index contributed by atoms with van der Waals surface area (Å²) in [6, 6.07) is 5.14. The van der Waals surface area contributed by atoms with Crippen LogP contribution in [-0.4, -0.2) is 66.8 Å². The monoisotopic (exact) mass is 393 g/mol. The van der Waals surface area contributed by atoms with E-state index in [1.54, 1.807) is 6.26 Å². The van der Waals surface area contributed by atoms with E-state index in [0.717, 1.165) is 57.0 Å². The Morgan fingerprint density at radius 1 is 1.25 bits per heavy atom. The molecule has 0 aliphatic carbocycles. The minimum absolute atomic E-state index is 0.0306. The zero-order valence-corrected chi connectivity index (χ0v) is 15.9. The fourth-order valence-corrected chi connectivity index (χ4v) is 2.99. The highest BCUT2D eigenvalue weighted by molar-refractivity contribution is 5.80. The molecule has 1 aliphatic rings. The minimum atomic E-state index is -0.709. The van der Waals surface area contributed by atoms with Crippen molar-refractivity contribution in [3.8, 4) is 5.75 Å². The van der Waals surface area contributed by atoms with E-state index in [1.807, 2.05) is 13.0 Å². The number of nitrogens with one attached hydrogen (secondary N) is 1. The second kappa shape index (κ2) is 10.0. The number of piperazine rings is 1. The van der Waals surface area contributed by atoms with Crippen molar-refractivity contribution in [1.82, 2.24) is 20.3 Å². The van der Waals surface area contributed by atoms with Gasteiger partial charge in [0.2, 0.25) is 0 Å². The fraction of sp³-hybridized carbons (Fsp3) is 0.474. The van der Waals surface area contributed by atoms with Gasteiger partial charge in [-0.15, -0.1) is 0 Å². The third kappa shape index (κ3) is 5.66. The van der Waals surface area contributed by atoms with E-state index < -0.39 is 11.6 Å². The van der Waals surface area contributed by atoms with Gasteiger partial charge in [0.15, 0.2) is 17.5 Å². The molecule has 1 aliphatic heterocycles. The van der Waals surface area contributed by atoms with Crippen LogP contribution in [0, 0.1) is 11.6 Å². The number of aromatic nitrogens is 1. The third-order valence-corrected chi connectivity index (χ3v) is 4.39. The van der Waals surface area contributed by atoms with Gasteiger partial charge >= 0.3 is 0 Å². The van der Waals surface area contributed by atoms with Gasteiger partial charge in [-0.25, -0.2) is 13.8 Å². The molecule has 152 valence electrons.